The second-order valence-electron chi connectivity index (χ2n) is 5.06. The van der Waals surface area contributed by atoms with Gasteiger partial charge >= 0.3 is 0 Å². The number of hydrogen-bond donors (Lipinski definition) is 1. The zero-order valence-electron chi connectivity index (χ0n) is 11.2. The molecule has 0 saturated heterocycles. The summed E-state index contributed by atoms with van der Waals surface area (Å²) in [5.74, 6) is 1.55. The van der Waals surface area contributed by atoms with E-state index < -0.39 is 0 Å². The minimum Gasteiger partial charge on any atom is -0.338 e. The predicted octanol–water partition coefficient (Wildman–Crippen LogP) is 2.80. The van der Waals surface area contributed by atoms with E-state index in [0.29, 0.717) is 0 Å². The Morgan fingerprint density at radius 3 is 3.00 bits per heavy atom. The zero-order chi connectivity index (χ0) is 13.1. The molecule has 4 nitrogen and oxygen atoms in total. The van der Waals surface area contributed by atoms with Gasteiger partial charge < -0.3 is 9.84 Å². The maximum atomic E-state index is 5.39. The lowest BCUT2D eigenvalue weighted by molar-refractivity contribution is 0.318. The number of benzene rings is 1. The maximum absolute atomic E-state index is 5.39. The van der Waals surface area contributed by atoms with E-state index in [-0.39, 0.29) is 6.04 Å². The summed E-state index contributed by atoms with van der Waals surface area (Å²) < 4.78 is 5.39. The molecule has 1 aromatic carbocycles. The summed E-state index contributed by atoms with van der Waals surface area (Å²) in [6.07, 6.45) is 4.09. The normalized spacial score (nSPS) is 18.3. The van der Waals surface area contributed by atoms with Crippen molar-refractivity contribution in [3.8, 4) is 0 Å². The molecule has 0 spiro atoms. The van der Waals surface area contributed by atoms with Gasteiger partial charge in [0, 0.05) is 13.0 Å². The molecular formula is C15H19N3O. The Balaban J connectivity index is 1.72. The molecule has 0 radical (unpaired) electrons. The minimum absolute atomic E-state index is 0.151. The largest absolute Gasteiger partial charge is 0.338 e. The highest BCUT2D eigenvalue weighted by Gasteiger charge is 2.23. The number of nitrogens with zero attached hydrogens (tertiary/aromatic N) is 2. The lowest BCUT2D eigenvalue weighted by atomic mass is 9.96. The second kappa shape index (κ2) is 5.53. The highest BCUT2D eigenvalue weighted by molar-refractivity contribution is 5.30. The summed E-state index contributed by atoms with van der Waals surface area (Å²) in [7, 11) is 0. The fraction of sp³-hybridized carbons (Fsp3) is 0.467. The molecule has 3 rings (SSSR count). The van der Waals surface area contributed by atoms with Crippen LogP contribution in [0.3, 0.4) is 0 Å². The van der Waals surface area contributed by atoms with Crippen LogP contribution in [0.25, 0.3) is 0 Å². The van der Waals surface area contributed by atoms with Crippen molar-refractivity contribution in [3.05, 3.63) is 47.1 Å². The summed E-state index contributed by atoms with van der Waals surface area (Å²) in [4.78, 5) is 4.50. The number of fused-ring (bicyclic) bond motifs is 1. The summed E-state index contributed by atoms with van der Waals surface area (Å²) in [5, 5.41) is 7.52. The van der Waals surface area contributed by atoms with Crippen LogP contribution in [0.15, 0.2) is 28.8 Å². The number of aromatic nitrogens is 2. The van der Waals surface area contributed by atoms with Crippen molar-refractivity contribution in [3.63, 3.8) is 0 Å². The Bertz CT molecular complexity index is 550. The van der Waals surface area contributed by atoms with Gasteiger partial charge in [-0.25, -0.2) is 0 Å². The molecule has 19 heavy (non-hydrogen) atoms. The van der Waals surface area contributed by atoms with Crippen LogP contribution in [0.4, 0.5) is 0 Å². The van der Waals surface area contributed by atoms with Crippen LogP contribution in [-0.4, -0.2) is 10.1 Å². The van der Waals surface area contributed by atoms with E-state index in [1.54, 1.807) is 0 Å². The molecule has 1 atom stereocenters. The molecule has 0 amide bonds. The number of hydrogen-bond acceptors (Lipinski definition) is 4. The van der Waals surface area contributed by atoms with Crippen LogP contribution in [0, 0.1) is 0 Å². The van der Waals surface area contributed by atoms with Gasteiger partial charge in [0.05, 0.1) is 6.04 Å². The fourth-order valence-corrected chi connectivity index (χ4v) is 2.47. The number of unbranched alkanes of at least 4 members (excludes halogenated alkanes) is 1. The van der Waals surface area contributed by atoms with Crippen LogP contribution in [0.2, 0.25) is 0 Å². The fourth-order valence-electron chi connectivity index (χ4n) is 2.47. The van der Waals surface area contributed by atoms with E-state index in [9.17, 15) is 0 Å². The molecule has 0 aliphatic carbocycles. The van der Waals surface area contributed by atoms with Crippen molar-refractivity contribution in [2.24, 2.45) is 0 Å². The van der Waals surface area contributed by atoms with Crippen LogP contribution >= 0.6 is 0 Å². The number of aryl methyl sites for hydroxylation is 1. The van der Waals surface area contributed by atoms with Crippen molar-refractivity contribution >= 4 is 0 Å². The van der Waals surface area contributed by atoms with E-state index in [1.807, 2.05) is 0 Å². The van der Waals surface area contributed by atoms with Crippen molar-refractivity contribution in [2.45, 2.75) is 45.2 Å². The minimum atomic E-state index is 0.151. The third kappa shape index (κ3) is 2.68. The summed E-state index contributed by atoms with van der Waals surface area (Å²) in [5.41, 5.74) is 2.74. The standard InChI is InChI=1S/C15H19N3O/c1-2-3-8-14-17-15(19-18-14)13-9-11-6-4-5-7-12(11)10-16-13/h4-7,13,16H,2-3,8-10H2,1H3. The average Bonchev–Trinajstić information content (AvgIpc) is 2.93. The topological polar surface area (TPSA) is 51.0 Å². The third-order valence-electron chi connectivity index (χ3n) is 3.62. The second-order valence-corrected chi connectivity index (χ2v) is 5.06. The van der Waals surface area contributed by atoms with Gasteiger partial charge in [-0.05, 0) is 24.0 Å². The molecule has 1 aliphatic rings. The van der Waals surface area contributed by atoms with Gasteiger partial charge in [0.2, 0.25) is 5.89 Å². The van der Waals surface area contributed by atoms with E-state index in [2.05, 4.69) is 46.6 Å². The predicted molar refractivity (Wildman–Crippen MR) is 72.6 cm³/mol. The molecule has 4 heteroatoms. The molecule has 1 aliphatic heterocycles. The molecule has 1 aromatic heterocycles. The van der Waals surface area contributed by atoms with E-state index >= 15 is 0 Å². The number of rotatable bonds is 4. The smallest absolute Gasteiger partial charge is 0.244 e. The van der Waals surface area contributed by atoms with Crippen LogP contribution in [0.5, 0.6) is 0 Å². The molecule has 100 valence electrons. The van der Waals surface area contributed by atoms with E-state index in [4.69, 9.17) is 4.52 Å². The van der Waals surface area contributed by atoms with Crippen molar-refractivity contribution in [1.82, 2.24) is 15.5 Å². The van der Waals surface area contributed by atoms with Gasteiger partial charge in [-0.2, -0.15) is 4.98 Å². The summed E-state index contributed by atoms with van der Waals surface area (Å²) in [6, 6.07) is 8.66. The maximum Gasteiger partial charge on any atom is 0.244 e. The van der Waals surface area contributed by atoms with Gasteiger partial charge in [-0.1, -0.05) is 42.8 Å². The molecular weight excluding hydrogens is 238 g/mol. The van der Waals surface area contributed by atoms with E-state index in [0.717, 1.165) is 43.9 Å². The third-order valence-corrected chi connectivity index (χ3v) is 3.62. The first-order chi connectivity index (χ1) is 9.36. The van der Waals surface area contributed by atoms with Crippen LogP contribution in [0.1, 0.15) is 48.6 Å². The van der Waals surface area contributed by atoms with E-state index in [1.165, 1.54) is 11.1 Å². The Labute approximate surface area is 113 Å². The van der Waals surface area contributed by atoms with Crippen molar-refractivity contribution in [2.75, 3.05) is 0 Å². The molecule has 0 saturated carbocycles. The number of nitrogens with one attached hydrogen (secondary N) is 1. The summed E-state index contributed by atoms with van der Waals surface area (Å²) in [6.45, 7) is 3.04. The summed E-state index contributed by atoms with van der Waals surface area (Å²) >= 11 is 0. The van der Waals surface area contributed by atoms with Gasteiger partial charge in [0.15, 0.2) is 5.82 Å². The van der Waals surface area contributed by atoms with Crippen LogP contribution in [-0.2, 0) is 19.4 Å². The Morgan fingerprint density at radius 1 is 1.32 bits per heavy atom. The Morgan fingerprint density at radius 2 is 2.16 bits per heavy atom. The molecule has 0 bridgehead atoms. The first kappa shape index (κ1) is 12.4. The van der Waals surface area contributed by atoms with Gasteiger partial charge in [0.1, 0.15) is 0 Å². The van der Waals surface area contributed by atoms with Gasteiger partial charge in [-0.3, -0.25) is 0 Å². The lowest BCUT2D eigenvalue weighted by Crippen LogP contribution is -2.28. The highest BCUT2D eigenvalue weighted by atomic mass is 16.5. The molecule has 0 fully saturated rings. The quantitative estimate of drug-likeness (QED) is 0.915. The molecule has 1 unspecified atom stereocenters. The Hall–Kier alpha value is -1.68. The first-order valence-corrected chi connectivity index (χ1v) is 6.99. The average molecular weight is 257 g/mol. The van der Waals surface area contributed by atoms with Gasteiger partial charge in [-0.15, -0.1) is 0 Å². The van der Waals surface area contributed by atoms with Crippen LogP contribution < -0.4 is 5.32 Å². The monoisotopic (exact) mass is 257 g/mol. The first-order valence-electron chi connectivity index (χ1n) is 6.99. The van der Waals surface area contributed by atoms with Crippen molar-refractivity contribution < 1.29 is 4.52 Å². The van der Waals surface area contributed by atoms with Gasteiger partial charge in [0.25, 0.3) is 0 Å². The highest BCUT2D eigenvalue weighted by Crippen LogP contribution is 2.24. The molecule has 1 N–H and O–H groups in total. The molecule has 2 aromatic rings. The molecule has 2 heterocycles. The van der Waals surface area contributed by atoms with Crippen molar-refractivity contribution in [1.29, 1.82) is 0 Å². The Kier molecular flexibility index (Phi) is 3.60. The SMILES string of the molecule is CCCCc1noc(C2Cc3ccccc3CN2)n1. The zero-order valence-corrected chi connectivity index (χ0v) is 11.2. The lowest BCUT2D eigenvalue weighted by Gasteiger charge is -2.23.